The summed E-state index contributed by atoms with van der Waals surface area (Å²) in [6.07, 6.45) is 5.19. The predicted molar refractivity (Wildman–Crippen MR) is 85.7 cm³/mol. The number of aromatic nitrogens is 2. The molecule has 0 radical (unpaired) electrons. The average Bonchev–Trinajstić information content (AvgIpc) is 2.43. The highest BCUT2D eigenvalue weighted by Gasteiger charge is 2.14. The quantitative estimate of drug-likeness (QED) is 0.786. The summed E-state index contributed by atoms with van der Waals surface area (Å²) < 4.78 is 0. The van der Waals surface area contributed by atoms with E-state index in [2.05, 4.69) is 20.2 Å². The van der Waals surface area contributed by atoms with E-state index in [4.69, 9.17) is 0 Å². The van der Waals surface area contributed by atoms with Crippen LogP contribution in [0.15, 0.2) is 4.79 Å². The lowest BCUT2D eigenvalue weighted by molar-refractivity contribution is 0.225. The van der Waals surface area contributed by atoms with Gasteiger partial charge >= 0.3 is 0 Å². The van der Waals surface area contributed by atoms with Crippen LogP contribution < -0.4 is 10.9 Å². The van der Waals surface area contributed by atoms with E-state index in [1.165, 1.54) is 32.4 Å². The van der Waals surface area contributed by atoms with Crippen LogP contribution in [0.4, 0.5) is 0 Å². The summed E-state index contributed by atoms with van der Waals surface area (Å²) in [5, 5.41) is 3.45. The first-order chi connectivity index (χ1) is 10.1. The number of piperidine rings is 1. The maximum absolute atomic E-state index is 12.0. The minimum atomic E-state index is -0.0176. The third-order valence-electron chi connectivity index (χ3n) is 4.25. The zero-order valence-corrected chi connectivity index (χ0v) is 13.5. The van der Waals surface area contributed by atoms with Gasteiger partial charge in [-0.15, -0.1) is 0 Å². The van der Waals surface area contributed by atoms with Gasteiger partial charge in [0.05, 0.1) is 5.56 Å². The van der Waals surface area contributed by atoms with Crippen LogP contribution in [0.2, 0.25) is 0 Å². The maximum Gasteiger partial charge on any atom is 0.255 e. The molecule has 2 N–H and O–H groups in total. The minimum Gasteiger partial charge on any atom is -0.310 e. The summed E-state index contributed by atoms with van der Waals surface area (Å²) in [6, 6.07) is 0.0446. The summed E-state index contributed by atoms with van der Waals surface area (Å²) in [4.78, 5) is 21.7. The molecule has 1 atom stereocenters. The van der Waals surface area contributed by atoms with Gasteiger partial charge in [-0.2, -0.15) is 0 Å². The van der Waals surface area contributed by atoms with Crippen LogP contribution in [0, 0.1) is 13.8 Å². The Balaban J connectivity index is 1.79. The predicted octanol–water partition coefficient (Wildman–Crippen LogP) is 1.91. The van der Waals surface area contributed by atoms with Crippen molar-refractivity contribution in [1.82, 2.24) is 20.2 Å². The number of likely N-dealkylation sites (tertiary alicyclic amines) is 1. The normalized spacial score (nSPS) is 17.9. The summed E-state index contributed by atoms with van der Waals surface area (Å²) in [5.41, 5.74) is 1.57. The number of aromatic amines is 1. The summed E-state index contributed by atoms with van der Waals surface area (Å²) in [5.74, 6) is 0.679. The van der Waals surface area contributed by atoms with Crippen molar-refractivity contribution in [2.45, 2.75) is 52.5 Å². The fraction of sp³-hybridized carbons (Fsp3) is 0.750. The third kappa shape index (κ3) is 4.64. The molecule has 21 heavy (non-hydrogen) atoms. The molecule has 2 heterocycles. The zero-order valence-electron chi connectivity index (χ0n) is 13.5. The number of rotatable bonds is 6. The van der Waals surface area contributed by atoms with Gasteiger partial charge in [0.2, 0.25) is 0 Å². The van der Waals surface area contributed by atoms with Crippen molar-refractivity contribution in [3.63, 3.8) is 0 Å². The lowest BCUT2D eigenvalue weighted by Crippen LogP contribution is -2.33. The van der Waals surface area contributed by atoms with Crippen molar-refractivity contribution in [2.24, 2.45) is 0 Å². The summed E-state index contributed by atoms with van der Waals surface area (Å²) >= 11 is 0. The molecule has 1 saturated heterocycles. The second kappa shape index (κ2) is 7.71. The fourth-order valence-electron chi connectivity index (χ4n) is 3.15. The van der Waals surface area contributed by atoms with Crippen LogP contribution in [0.25, 0.3) is 0 Å². The molecule has 0 aromatic carbocycles. The third-order valence-corrected chi connectivity index (χ3v) is 4.25. The molecule has 1 unspecified atom stereocenters. The van der Waals surface area contributed by atoms with Crippen molar-refractivity contribution in [2.75, 3.05) is 26.2 Å². The summed E-state index contributed by atoms with van der Waals surface area (Å²) in [6.45, 7) is 10.3. The Hall–Kier alpha value is -1.20. The first-order valence-corrected chi connectivity index (χ1v) is 8.11. The average molecular weight is 292 g/mol. The second-order valence-corrected chi connectivity index (χ2v) is 6.08. The highest BCUT2D eigenvalue weighted by molar-refractivity contribution is 5.19. The van der Waals surface area contributed by atoms with Crippen molar-refractivity contribution in [3.05, 3.63) is 27.4 Å². The highest BCUT2D eigenvalue weighted by Crippen LogP contribution is 2.11. The molecule has 0 bridgehead atoms. The van der Waals surface area contributed by atoms with Gasteiger partial charge in [-0.05, 0) is 66.2 Å². The van der Waals surface area contributed by atoms with E-state index in [-0.39, 0.29) is 11.6 Å². The van der Waals surface area contributed by atoms with Crippen LogP contribution in [-0.2, 0) is 0 Å². The number of aryl methyl sites for hydroxylation is 2. The Bertz CT molecular complexity index is 505. The summed E-state index contributed by atoms with van der Waals surface area (Å²) in [7, 11) is 0. The highest BCUT2D eigenvalue weighted by atomic mass is 16.1. The molecule has 1 aromatic rings. The van der Waals surface area contributed by atoms with E-state index < -0.39 is 0 Å². The smallest absolute Gasteiger partial charge is 0.255 e. The first kappa shape index (κ1) is 16.2. The van der Waals surface area contributed by atoms with E-state index in [0.29, 0.717) is 5.82 Å². The van der Waals surface area contributed by atoms with Crippen LogP contribution in [-0.4, -0.2) is 41.0 Å². The monoisotopic (exact) mass is 292 g/mol. The van der Waals surface area contributed by atoms with Gasteiger partial charge in [0.1, 0.15) is 5.82 Å². The lowest BCUT2D eigenvalue weighted by atomic mass is 10.1. The molecule has 0 aliphatic carbocycles. The van der Waals surface area contributed by atoms with Gasteiger partial charge in [0.15, 0.2) is 0 Å². The van der Waals surface area contributed by atoms with Gasteiger partial charge in [-0.1, -0.05) is 6.42 Å². The Morgan fingerprint density at radius 2 is 2.00 bits per heavy atom. The Morgan fingerprint density at radius 3 is 2.67 bits per heavy atom. The molecule has 0 saturated carbocycles. The van der Waals surface area contributed by atoms with E-state index in [1.54, 1.807) is 0 Å². The van der Waals surface area contributed by atoms with Crippen LogP contribution >= 0.6 is 0 Å². The molecule has 5 heteroatoms. The topological polar surface area (TPSA) is 61.0 Å². The molecule has 2 rings (SSSR count). The standard InChI is InChI=1S/C16H28N4O/c1-12(15-13(2)18-14(3)19-16(15)21)17-8-7-11-20-9-5-4-6-10-20/h12,17H,4-11H2,1-3H3,(H,18,19,21). The Labute approximate surface area is 127 Å². The molecule has 1 fully saturated rings. The number of hydrogen-bond donors (Lipinski definition) is 2. The van der Waals surface area contributed by atoms with Crippen LogP contribution in [0.5, 0.6) is 0 Å². The van der Waals surface area contributed by atoms with Crippen molar-refractivity contribution in [1.29, 1.82) is 0 Å². The largest absolute Gasteiger partial charge is 0.310 e. The van der Waals surface area contributed by atoms with Crippen molar-refractivity contribution >= 4 is 0 Å². The molecule has 118 valence electrons. The van der Waals surface area contributed by atoms with E-state index >= 15 is 0 Å². The molecule has 1 aliphatic rings. The van der Waals surface area contributed by atoms with Gasteiger partial charge in [-0.3, -0.25) is 4.79 Å². The van der Waals surface area contributed by atoms with E-state index in [0.717, 1.165) is 30.8 Å². The molecule has 5 nitrogen and oxygen atoms in total. The first-order valence-electron chi connectivity index (χ1n) is 8.11. The van der Waals surface area contributed by atoms with Crippen molar-refractivity contribution < 1.29 is 0 Å². The Morgan fingerprint density at radius 1 is 1.29 bits per heavy atom. The maximum atomic E-state index is 12.0. The number of H-pyrrole nitrogens is 1. The van der Waals surface area contributed by atoms with E-state index in [9.17, 15) is 4.79 Å². The van der Waals surface area contributed by atoms with E-state index in [1.807, 2.05) is 20.8 Å². The number of hydrogen-bond acceptors (Lipinski definition) is 4. The van der Waals surface area contributed by atoms with Gasteiger partial charge < -0.3 is 15.2 Å². The van der Waals surface area contributed by atoms with Gasteiger partial charge in [0, 0.05) is 11.7 Å². The van der Waals surface area contributed by atoms with Crippen LogP contribution in [0.3, 0.4) is 0 Å². The zero-order chi connectivity index (χ0) is 15.2. The Kier molecular flexibility index (Phi) is 5.94. The molecule has 1 aromatic heterocycles. The molecular weight excluding hydrogens is 264 g/mol. The van der Waals surface area contributed by atoms with Gasteiger partial charge in [-0.25, -0.2) is 4.98 Å². The lowest BCUT2D eigenvalue weighted by Gasteiger charge is -2.26. The van der Waals surface area contributed by atoms with Gasteiger partial charge in [0.25, 0.3) is 5.56 Å². The minimum absolute atomic E-state index is 0.0176. The van der Waals surface area contributed by atoms with Crippen molar-refractivity contribution in [3.8, 4) is 0 Å². The number of nitrogens with zero attached hydrogens (tertiary/aromatic N) is 2. The number of nitrogens with one attached hydrogen (secondary N) is 2. The molecule has 0 spiro atoms. The second-order valence-electron chi connectivity index (χ2n) is 6.08. The molecule has 0 amide bonds. The SMILES string of the molecule is Cc1nc(C)c(C(C)NCCCN2CCCCC2)c(=O)[nH]1. The molecular formula is C16H28N4O. The fourth-order valence-corrected chi connectivity index (χ4v) is 3.15. The van der Waals surface area contributed by atoms with Crippen LogP contribution in [0.1, 0.15) is 55.7 Å². The molecule has 1 aliphatic heterocycles.